The maximum atomic E-state index is 13.5. The molecule has 2 saturated heterocycles. The van der Waals surface area contributed by atoms with E-state index in [4.69, 9.17) is 4.74 Å². The van der Waals surface area contributed by atoms with E-state index in [-0.39, 0.29) is 47.4 Å². The van der Waals surface area contributed by atoms with Crippen LogP contribution in [0.5, 0.6) is 5.75 Å². The molecular weight excluding hydrogens is 358 g/mol. The highest BCUT2D eigenvalue weighted by Crippen LogP contribution is 2.31. The molecule has 2 aliphatic heterocycles. The van der Waals surface area contributed by atoms with E-state index in [1.165, 1.54) is 6.07 Å². The molecule has 0 unspecified atom stereocenters. The fourth-order valence-electron chi connectivity index (χ4n) is 4.06. The minimum absolute atomic E-state index is 0.0347. The lowest BCUT2D eigenvalue weighted by molar-refractivity contribution is -0.121. The lowest BCUT2D eigenvalue weighted by Gasteiger charge is -2.28. The summed E-state index contributed by atoms with van der Waals surface area (Å²) in [5, 5.41) is 2.87. The van der Waals surface area contributed by atoms with Crippen molar-refractivity contribution in [1.29, 1.82) is 0 Å². The highest BCUT2D eigenvalue weighted by molar-refractivity contribution is 5.96. The molecule has 28 heavy (non-hydrogen) atoms. The van der Waals surface area contributed by atoms with E-state index in [1.807, 2.05) is 30.3 Å². The highest BCUT2D eigenvalue weighted by Gasteiger charge is 2.42. The summed E-state index contributed by atoms with van der Waals surface area (Å²) in [7, 11) is 1.73. The number of amides is 2. The van der Waals surface area contributed by atoms with E-state index in [9.17, 15) is 14.4 Å². The lowest BCUT2D eigenvalue weighted by atomic mass is 10.1. The van der Waals surface area contributed by atoms with Gasteiger partial charge in [-0.2, -0.15) is 0 Å². The van der Waals surface area contributed by atoms with Crippen LogP contribution in [-0.2, 0) is 18.4 Å². The number of fused-ring (bicyclic) bond motifs is 2. The Bertz CT molecular complexity index is 954. The van der Waals surface area contributed by atoms with E-state index in [0.717, 1.165) is 18.4 Å². The first-order valence-corrected chi connectivity index (χ1v) is 9.50. The van der Waals surface area contributed by atoms with Gasteiger partial charge < -0.3 is 19.5 Å². The Morgan fingerprint density at radius 1 is 1.14 bits per heavy atom. The molecule has 0 radical (unpaired) electrons. The monoisotopic (exact) mass is 381 g/mol. The van der Waals surface area contributed by atoms with Gasteiger partial charge in [-0.3, -0.25) is 14.4 Å². The predicted octanol–water partition coefficient (Wildman–Crippen LogP) is 1.46. The largest absolute Gasteiger partial charge is 0.483 e. The van der Waals surface area contributed by atoms with Crippen molar-refractivity contribution < 1.29 is 14.3 Å². The molecule has 3 heterocycles. The SMILES string of the molecule is Cn1ccc(=O)c(OCc2ccccc2)c1C(=O)N1[C@@H]2CC[C@H]1CNC(=O)C2. The van der Waals surface area contributed by atoms with Crippen molar-refractivity contribution in [3.05, 3.63) is 64.1 Å². The summed E-state index contributed by atoms with van der Waals surface area (Å²) in [6, 6.07) is 10.7. The molecule has 2 fully saturated rings. The van der Waals surface area contributed by atoms with Crippen LogP contribution < -0.4 is 15.5 Å². The first-order valence-electron chi connectivity index (χ1n) is 9.50. The molecule has 0 saturated carbocycles. The van der Waals surface area contributed by atoms with Gasteiger partial charge >= 0.3 is 0 Å². The fourth-order valence-corrected chi connectivity index (χ4v) is 4.06. The van der Waals surface area contributed by atoms with E-state index < -0.39 is 0 Å². The second-order valence-electron chi connectivity index (χ2n) is 7.35. The topological polar surface area (TPSA) is 80.6 Å². The number of aryl methyl sites for hydroxylation is 1. The van der Waals surface area contributed by atoms with Gasteiger partial charge in [-0.25, -0.2) is 0 Å². The Labute approximate surface area is 162 Å². The van der Waals surface area contributed by atoms with Crippen molar-refractivity contribution in [2.45, 2.75) is 38.0 Å². The molecule has 2 aliphatic rings. The first-order chi connectivity index (χ1) is 13.5. The Kier molecular flexibility index (Phi) is 4.90. The molecule has 0 aliphatic carbocycles. The van der Waals surface area contributed by atoms with E-state index in [1.54, 1.807) is 22.7 Å². The van der Waals surface area contributed by atoms with E-state index in [2.05, 4.69) is 5.32 Å². The summed E-state index contributed by atoms with van der Waals surface area (Å²) in [6.45, 7) is 0.648. The molecule has 146 valence electrons. The maximum Gasteiger partial charge on any atom is 0.275 e. The summed E-state index contributed by atoms with van der Waals surface area (Å²) < 4.78 is 7.46. The number of nitrogens with zero attached hydrogens (tertiary/aromatic N) is 2. The number of hydrogen-bond donors (Lipinski definition) is 1. The Morgan fingerprint density at radius 3 is 2.68 bits per heavy atom. The smallest absolute Gasteiger partial charge is 0.275 e. The van der Waals surface area contributed by atoms with Crippen LogP contribution in [0.3, 0.4) is 0 Å². The van der Waals surface area contributed by atoms with Crippen molar-refractivity contribution in [2.24, 2.45) is 7.05 Å². The van der Waals surface area contributed by atoms with Gasteiger partial charge in [0.05, 0.1) is 0 Å². The van der Waals surface area contributed by atoms with Crippen LogP contribution in [0, 0.1) is 0 Å². The zero-order valence-electron chi connectivity index (χ0n) is 15.8. The van der Waals surface area contributed by atoms with Gasteiger partial charge in [0.25, 0.3) is 5.91 Å². The van der Waals surface area contributed by atoms with Gasteiger partial charge in [-0.05, 0) is 18.4 Å². The van der Waals surface area contributed by atoms with E-state index >= 15 is 0 Å². The predicted molar refractivity (Wildman–Crippen MR) is 103 cm³/mol. The lowest BCUT2D eigenvalue weighted by Crippen LogP contribution is -2.44. The maximum absolute atomic E-state index is 13.5. The molecule has 0 spiro atoms. The minimum Gasteiger partial charge on any atom is -0.483 e. The molecule has 2 atom stereocenters. The average Bonchev–Trinajstić information content (AvgIpc) is 3.00. The summed E-state index contributed by atoms with van der Waals surface area (Å²) in [5.41, 5.74) is 0.819. The molecule has 1 N–H and O–H groups in total. The zero-order chi connectivity index (χ0) is 19.7. The normalized spacial score (nSPS) is 21.2. The number of benzene rings is 1. The molecule has 2 aromatic rings. The molecule has 2 bridgehead atoms. The van der Waals surface area contributed by atoms with Gasteiger partial charge in [0, 0.05) is 44.4 Å². The van der Waals surface area contributed by atoms with Crippen molar-refractivity contribution >= 4 is 11.8 Å². The zero-order valence-corrected chi connectivity index (χ0v) is 15.8. The van der Waals surface area contributed by atoms with Gasteiger partial charge in [-0.15, -0.1) is 0 Å². The van der Waals surface area contributed by atoms with Gasteiger partial charge in [0.2, 0.25) is 11.3 Å². The number of carbonyl (C=O) groups excluding carboxylic acids is 2. The van der Waals surface area contributed by atoms with Crippen molar-refractivity contribution in [1.82, 2.24) is 14.8 Å². The Morgan fingerprint density at radius 2 is 1.89 bits per heavy atom. The van der Waals surface area contributed by atoms with Gasteiger partial charge in [-0.1, -0.05) is 30.3 Å². The first kappa shape index (κ1) is 18.3. The van der Waals surface area contributed by atoms with Crippen molar-refractivity contribution in [3.63, 3.8) is 0 Å². The number of ether oxygens (including phenoxy) is 1. The molecule has 1 aromatic heterocycles. The number of rotatable bonds is 4. The minimum atomic E-state index is -0.325. The molecule has 2 amide bonds. The average molecular weight is 381 g/mol. The third-order valence-electron chi connectivity index (χ3n) is 5.48. The van der Waals surface area contributed by atoms with Crippen LogP contribution in [0.2, 0.25) is 0 Å². The van der Waals surface area contributed by atoms with Crippen LogP contribution in [0.25, 0.3) is 0 Å². The van der Waals surface area contributed by atoms with Crippen LogP contribution in [-0.4, -0.2) is 39.9 Å². The number of pyridine rings is 1. The third kappa shape index (κ3) is 3.40. The molecular formula is C21H23N3O4. The number of aromatic nitrogens is 1. The molecule has 1 aromatic carbocycles. The van der Waals surface area contributed by atoms with Crippen molar-refractivity contribution in [2.75, 3.05) is 6.54 Å². The third-order valence-corrected chi connectivity index (χ3v) is 5.48. The number of nitrogens with one attached hydrogen (secondary N) is 1. The standard InChI is InChI=1S/C21H23N3O4/c1-23-10-9-17(25)20(28-13-14-5-3-2-4-6-14)19(23)21(27)24-15-7-8-16(24)12-22-18(26)11-15/h2-6,9-10,15-16H,7-8,11-13H2,1H3,(H,22,26)/t15-,16+/m1/s1. The van der Waals surface area contributed by atoms with Crippen LogP contribution in [0.15, 0.2) is 47.4 Å². The van der Waals surface area contributed by atoms with Crippen LogP contribution in [0.1, 0.15) is 35.3 Å². The fraction of sp³-hybridized carbons (Fsp3) is 0.381. The van der Waals surface area contributed by atoms with E-state index in [0.29, 0.717) is 13.0 Å². The van der Waals surface area contributed by atoms with Crippen molar-refractivity contribution in [3.8, 4) is 5.75 Å². The molecule has 4 rings (SSSR count). The Hall–Kier alpha value is -3.09. The molecule has 7 nitrogen and oxygen atoms in total. The number of carbonyl (C=O) groups is 2. The Balaban J connectivity index is 1.67. The number of hydrogen-bond acceptors (Lipinski definition) is 4. The summed E-state index contributed by atoms with van der Waals surface area (Å²) >= 11 is 0. The highest BCUT2D eigenvalue weighted by atomic mass is 16.5. The summed E-state index contributed by atoms with van der Waals surface area (Å²) in [5.74, 6) is -0.235. The van der Waals surface area contributed by atoms with Crippen LogP contribution >= 0.6 is 0 Å². The summed E-state index contributed by atoms with van der Waals surface area (Å²) in [4.78, 5) is 39.7. The summed E-state index contributed by atoms with van der Waals surface area (Å²) in [6.07, 6.45) is 3.51. The van der Waals surface area contributed by atoms with Gasteiger partial charge in [0.15, 0.2) is 11.4 Å². The quantitative estimate of drug-likeness (QED) is 0.869. The second kappa shape index (κ2) is 7.50. The van der Waals surface area contributed by atoms with Gasteiger partial charge in [0.1, 0.15) is 6.61 Å². The second-order valence-corrected chi connectivity index (χ2v) is 7.35. The van der Waals surface area contributed by atoms with Crippen LogP contribution in [0.4, 0.5) is 0 Å². The molecule has 7 heteroatoms.